The summed E-state index contributed by atoms with van der Waals surface area (Å²) in [6.07, 6.45) is 0.709. The van der Waals surface area contributed by atoms with Crippen LogP contribution in [0.1, 0.15) is 0 Å². The number of hydrogen-bond donors (Lipinski definition) is 3. The van der Waals surface area contributed by atoms with E-state index in [1.54, 1.807) is 0 Å². The number of hydrogen-bond acceptors (Lipinski definition) is 5. The number of rotatable bonds is 0. The van der Waals surface area contributed by atoms with E-state index >= 15 is 0 Å². The van der Waals surface area contributed by atoms with Gasteiger partial charge in [-0.2, -0.15) is 0 Å². The molecule has 2 unspecified atom stereocenters. The number of carbonyl (C=O) groups is 1. The second kappa shape index (κ2) is 2.27. The molecule has 0 aromatic carbocycles. The summed E-state index contributed by atoms with van der Waals surface area (Å²) in [6, 6.07) is 0. The molecule has 0 bridgehead atoms. The number of aliphatic imine (C=N–C) groups is 2. The summed E-state index contributed by atoms with van der Waals surface area (Å²) in [5.74, 6) is 0.0799. The highest BCUT2D eigenvalue weighted by molar-refractivity contribution is 9.10. The second-order valence-corrected chi connectivity index (χ2v) is 3.62. The zero-order valence-electron chi connectivity index (χ0n) is 5.91. The number of nitrogens with two attached hydrogens (primary N) is 1. The molecular formula is C5H6BrN5O. The first-order chi connectivity index (χ1) is 5.63. The van der Waals surface area contributed by atoms with Crippen molar-refractivity contribution >= 4 is 34.0 Å². The molecule has 0 radical (unpaired) electrons. The molecule has 2 rings (SSSR count). The molecule has 0 saturated carbocycles. The molecule has 6 nitrogen and oxygen atoms in total. The number of nitrogens with one attached hydrogen (secondary N) is 2. The number of carbonyl (C=O) groups excluding carboxylic acids is 1. The van der Waals surface area contributed by atoms with Crippen LogP contribution in [-0.4, -0.2) is 28.8 Å². The average molecular weight is 232 g/mol. The molecule has 0 aromatic rings. The lowest BCUT2D eigenvalue weighted by Crippen LogP contribution is -2.61. The van der Waals surface area contributed by atoms with Crippen LogP contribution in [0.3, 0.4) is 0 Å². The Labute approximate surface area is 76.4 Å². The van der Waals surface area contributed by atoms with E-state index in [1.807, 2.05) is 0 Å². The van der Waals surface area contributed by atoms with Gasteiger partial charge >= 0.3 is 0 Å². The maximum Gasteiger partial charge on any atom is 0.267 e. The van der Waals surface area contributed by atoms with Gasteiger partial charge in [-0.25, -0.2) is 9.98 Å². The van der Waals surface area contributed by atoms with E-state index in [4.69, 9.17) is 5.73 Å². The van der Waals surface area contributed by atoms with Gasteiger partial charge in [0.1, 0.15) is 0 Å². The molecule has 2 atom stereocenters. The van der Waals surface area contributed by atoms with Gasteiger partial charge in [-0.3, -0.25) is 10.5 Å². The Bertz CT molecular complexity index is 300. The second-order valence-electron chi connectivity index (χ2n) is 2.43. The third-order valence-electron chi connectivity index (χ3n) is 1.61. The van der Waals surface area contributed by atoms with Crippen LogP contribution < -0.4 is 16.4 Å². The maximum atomic E-state index is 11.3. The number of halogens is 1. The van der Waals surface area contributed by atoms with E-state index in [2.05, 4.69) is 36.5 Å². The lowest BCUT2D eigenvalue weighted by molar-refractivity contribution is -0.123. The summed E-state index contributed by atoms with van der Waals surface area (Å²) >= 11 is 3.18. The lowest BCUT2D eigenvalue weighted by atomic mass is 10.2. The van der Waals surface area contributed by atoms with Gasteiger partial charge in [-0.1, -0.05) is 0 Å². The van der Waals surface area contributed by atoms with Crippen molar-refractivity contribution < 1.29 is 4.79 Å². The van der Waals surface area contributed by atoms with Crippen molar-refractivity contribution in [2.75, 3.05) is 0 Å². The Morgan fingerprint density at radius 3 is 3.25 bits per heavy atom. The van der Waals surface area contributed by atoms with Gasteiger partial charge in [0.15, 0.2) is 12.1 Å². The normalized spacial score (nSPS) is 38.3. The fourth-order valence-electron chi connectivity index (χ4n) is 1.02. The Balaban J connectivity index is 2.44. The predicted molar refractivity (Wildman–Crippen MR) is 46.8 cm³/mol. The molecule has 0 aromatic heterocycles. The zero-order valence-corrected chi connectivity index (χ0v) is 7.50. The largest absolute Gasteiger partial charge is 0.347 e. The minimum atomic E-state index is -1.01. The zero-order chi connectivity index (χ0) is 8.77. The van der Waals surface area contributed by atoms with Crippen LogP contribution in [-0.2, 0) is 4.79 Å². The minimum Gasteiger partial charge on any atom is -0.347 e. The number of nitrogens with zero attached hydrogens (tertiary/aromatic N) is 2. The fourth-order valence-corrected chi connectivity index (χ4v) is 1.44. The fraction of sp³-hybridized carbons (Fsp3) is 0.400. The monoisotopic (exact) mass is 231 g/mol. The summed E-state index contributed by atoms with van der Waals surface area (Å²) < 4.78 is -1.01. The highest BCUT2D eigenvalue weighted by Gasteiger charge is 2.46. The SMILES string of the molecule is NC1N=C2N=CNC2(Br)C(=O)N1. The van der Waals surface area contributed by atoms with Crippen molar-refractivity contribution in [3.63, 3.8) is 0 Å². The third-order valence-corrected chi connectivity index (χ3v) is 2.56. The van der Waals surface area contributed by atoms with Crippen LogP contribution in [0.2, 0.25) is 0 Å². The summed E-state index contributed by atoms with van der Waals surface area (Å²) in [6.45, 7) is 0. The Morgan fingerprint density at radius 1 is 1.75 bits per heavy atom. The molecule has 0 saturated heterocycles. The first-order valence-corrected chi connectivity index (χ1v) is 4.06. The summed E-state index contributed by atoms with van der Waals surface area (Å²) in [4.78, 5) is 19.1. The van der Waals surface area contributed by atoms with Crippen LogP contribution >= 0.6 is 15.9 Å². The van der Waals surface area contributed by atoms with Crippen molar-refractivity contribution in [1.82, 2.24) is 10.6 Å². The number of fused-ring (bicyclic) bond motifs is 1. The van der Waals surface area contributed by atoms with Gasteiger partial charge < -0.3 is 10.6 Å². The quantitative estimate of drug-likeness (QED) is 0.350. The van der Waals surface area contributed by atoms with Gasteiger partial charge in [0, 0.05) is 0 Å². The first-order valence-electron chi connectivity index (χ1n) is 3.27. The standard InChI is InChI=1S/C5H6BrN5O/c6-5-2(8-1-9-5)10-4(7)11-3(5)12/h1,4H,7H2,(H,11,12)(H,8,9,10). The summed E-state index contributed by atoms with van der Waals surface area (Å²) in [5.41, 5.74) is 5.40. The lowest BCUT2D eigenvalue weighted by Gasteiger charge is -2.27. The van der Waals surface area contributed by atoms with E-state index < -0.39 is 10.7 Å². The van der Waals surface area contributed by atoms with Crippen LogP contribution in [0.5, 0.6) is 0 Å². The van der Waals surface area contributed by atoms with Crippen molar-refractivity contribution in [3.8, 4) is 0 Å². The van der Waals surface area contributed by atoms with Crippen LogP contribution in [0, 0.1) is 0 Å². The van der Waals surface area contributed by atoms with Gasteiger partial charge in [0.2, 0.25) is 4.45 Å². The van der Waals surface area contributed by atoms with Gasteiger partial charge in [-0.15, -0.1) is 0 Å². The number of amidine groups is 1. The van der Waals surface area contributed by atoms with E-state index in [0.29, 0.717) is 5.84 Å². The highest BCUT2D eigenvalue weighted by Crippen LogP contribution is 2.23. The Kier molecular flexibility index (Phi) is 1.45. The van der Waals surface area contributed by atoms with E-state index in [9.17, 15) is 4.79 Å². The molecule has 2 aliphatic heterocycles. The molecule has 4 N–H and O–H groups in total. The van der Waals surface area contributed by atoms with Gasteiger partial charge in [0.05, 0.1) is 6.34 Å². The Morgan fingerprint density at radius 2 is 2.50 bits per heavy atom. The van der Waals surface area contributed by atoms with Crippen molar-refractivity contribution in [3.05, 3.63) is 0 Å². The maximum absolute atomic E-state index is 11.3. The molecule has 0 fully saturated rings. The Hall–Kier alpha value is -0.950. The highest BCUT2D eigenvalue weighted by atomic mass is 79.9. The molecule has 12 heavy (non-hydrogen) atoms. The first kappa shape index (κ1) is 7.69. The molecule has 7 heteroatoms. The topological polar surface area (TPSA) is 91.9 Å². The smallest absolute Gasteiger partial charge is 0.267 e. The molecular weight excluding hydrogens is 226 g/mol. The predicted octanol–water partition coefficient (Wildman–Crippen LogP) is -1.52. The molecule has 0 aliphatic carbocycles. The van der Waals surface area contributed by atoms with Crippen molar-refractivity contribution in [1.29, 1.82) is 0 Å². The van der Waals surface area contributed by atoms with E-state index in [-0.39, 0.29) is 5.91 Å². The van der Waals surface area contributed by atoms with Crippen LogP contribution in [0.25, 0.3) is 0 Å². The molecule has 0 spiro atoms. The van der Waals surface area contributed by atoms with Crippen LogP contribution in [0.15, 0.2) is 9.98 Å². The molecule has 2 heterocycles. The summed E-state index contributed by atoms with van der Waals surface area (Å²) in [7, 11) is 0. The average Bonchev–Trinajstić information content (AvgIpc) is 2.33. The molecule has 2 aliphatic rings. The third kappa shape index (κ3) is 0.864. The molecule has 1 amide bonds. The summed E-state index contributed by atoms with van der Waals surface area (Å²) in [5, 5.41) is 5.18. The van der Waals surface area contributed by atoms with E-state index in [1.165, 1.54) is 6.34 Å². The number of alkyl halides is 1. The van der Waals surface area contributed by atoms with Gasteiger partial charge in [0.25, 0.3) is 5.91 Å². The van der Waals surface area contributed by atoms with Crippen molar-refractivity contribution in [2.45, 2.75) is 10.7 Å². The minimum absolute atomic E-state index is 0.280. The number of amides is 1. The van der Waals surface area contributed by atoms with Crippen molar-refractivity contribution in [2.24, 2.45) is 15.7 Å². The van der Waals surface area contributed by atoms with Crippen LogP contribution in [0.4, 0.5) is 0 Å². The molecule has 64 valence electrons. The van der Waals surface area contributed by atoms with Gasteiger partial charge in [-0.05, 0) is 15.9 Å². The van der Waals surface area contributed by atoms with E-state index in [0.717, 1.165) is 0 Å².